The smallest absolute Gasteiger partial charge is 0.258 e. The summed E-state index contributed by atoms with van der Waals surface area (Å²) in [7, 11) is 6.22. The quantitative estimate of drug-likeness (QED) is 0.569. The lowest BCUT2D eigenvalue weighted by atomic mass is 10.1. The molecule has 1 fully saturated rings. The van der Waals surface area contributed by atoms with Gasteiger partial charge in [0, 0.05) is 30.1 Å². The minimum atomic E-state index is -0.172. The molecule has 9 heteroatoms. The molecule has 0 radical (unpaired) electrons. The third kappa shape index (κ3) is 3.86. The first-order chi connectivity index (χ1) is 15.1. The number of nitrogens with zero attached hydrogens (tertiary/aromatic N) is 3. The maximum absolute atomic E-state index is 12.6. The number of anilines is 1. The van der Waals surface area contributed by atoms with Crippen LogP contribution >= 0.6 is 0 Å². The molecule has 2 aromatic carbocycles. The van der Waals surface area contributed by atoms with Gasteiger partial charge in [0.05, 0.1) is 28.4 Å². The number of ether oxygens (including phenoxy) is 4. The van der Waals surface area contributed by atoms with Crippen LogP contribution in [0.5, 0.6) is 23.0 Å². The average Bonchev–Trinajstić information content (AvgIpc) is 3.45. The third-order valence-electron chi connectivity index (χ3n) is 5.23. The zero-order valence-corrected chi connectivity index (χ0v) is 17.7. The molecule has 1 aliphatic rings. The number of hydrogen-bond donors (Lipinski definition) is 0. The van der Waals surface area contributed by atoms with Crippen LogP contribution in [0.3, 0.4) is 0 Å². The Bertz CT molecular complexity index is 1050. The summed E-state index contributed by atoms with van der Waals surface area (Å²) in [6.45, 7) is 0.472. The van der Waals surface area contributed by atoms with E-state index >= 15 is 0 Å². The predicted molar refractivity (Wildman–Crippen MR) is 112 cm³/mol. The molecular formula is C22H23N3O6. The molecule has 0 aliphatic carbocycles. The van der Waals surface area contributed by atoms with Crippen LogP contribution in [0.15, 0.2) is 40.9 Å². The molecule has 31 heavy (non-hydrogen) atoms. The van der Waals surface area contributed by atoms with Gasteiger partial charge in [-0.15, -0.1) is 0 Å². The van der Waals surface area contributed by atoms with Gasteiger partial charge < -0.3 is 28.4 Å². The lowest BCUT2D eigenvalue weighted by molar-refractivity contribution is -0.117. The molecule has 0 spiro atoms. The van der Waals surface area contributed by atoms with Gasteiger partial charge in [0.15, 0.2) is 17.3 Å². The fraction of sp³-hybridized carbons (Fsp3) is 0.318. The average molecular weight is 425 g/mol. The van der Waals surface area contributed by atoms with Gasteiger partial charge in [-0.1, -0.05) is 5.16 Å². The van der Waals surface area contributed by atoms with E-state index in [4.69, 9.17) is 23.5 Å². The first-order valence-corrected chi connectivity index (χ1v) is 9.66. The summed E-state index contributed by atoms with van der Waals surface area (Å²) >= 11 is 0. The number of hydrogen-bond acceptors (Lipinski definition) is 8. The second-order valence-electron chi connectivity index (χ2n) is 6.98. The molecule has 1 aromatic heterocycles. The van der Waals surface area contributed by atoms with E-state index in [0.29, 0.717) is 47.5 Å². The summed E-state index contributed by atoms with van der Waals surface area (Å²) in [4.78, 5) is 18.8. The lowest BCUT2D eigenvalue weighted by Crippen LogP contribution is -2.24. The Morgan fingerprint density at radius 1 is 0.968 bits per heavy atom. The molecule has 3 aromatic rings. The van der Waals surface area contributed by atoms with E-state index in [1.165, 1.54) is 21.3 Å². The van der Waals surface area contributed by atoms with Crippen molar-refractivity contribution in [1.82, 2.24) is 10.1 Å². The monoisotopic (exact) mass is 425 g/mol. The van der Waals surface area contributed by atoms with Crippen molar-refractivity contribution in [3.8, 4) is 34.5 Å². The van der Waals surface area contributed by atoms with Crippen molar-refractivity contribution in [3.05, 3.63) is 42.2 Å². The highest BCUT2D eigenvalue weighted by molar-refractivity contribution is 5.96. The van der Waals surface area contributed by atoms with Crippen LogP contribution < -0.4 is 23.8 Å². The standard InChI is InChI=1S/C22H23N3O6/c1-27-16-7-5-15(6-8-16)25-12-14(11-19(25)26)21-23-22(31-24-21)13-9-17(28-2)20(30-4)18(10-13)29-3/h5-10,14H,11-12H2,1-4H3. The summed E-state index contributed by atoms with van der Waals surface area (Å²) in [5, 5.41) is 4.12. The maximum Gasteiger partial charge on any atom is 0.258 e. The minimum absolute atomic E-state index is 0.00861. The fourth-order valence-electron chi connectivity index (χ4n) is 3.61. The van der Waals surface area contributed by atoms with Crippen LogP contribution in [-0.4, -0.2) is 51.0 Å². The van der Waals surface area contributed by atoms with E-state index in [1.807, 2.05) is 24.3 Å². The van der Waals surface area contributed by atoms with Crippen molar-refractivity contribution in [2.75, 3.05) is 39.9 Å². The Hall–Kier alpha value is -3.75. The van der Waals surface area contributed by atoms with E-state index in [9.17, 15) is 4.79 Å². The van der Waals surface area contributed by atoms with Gasteiger partial charge in [0.2, 0.25) is 11.7 Å². The second kappa shape index (κ2) is 8.55. The SMILES string of the molecule is COc1ccc(N2CC(c3noc(-c4cc(OC)c(OC)c(OC)c4)n3)CC2=O)cc1. The topological polar surface area (TPSA) is 96.2 Å². The molecule has 2 heterocycles. The predicted octanol–water partition coefficient (Wildman–Crippen LogP) is 3.29. The molecule has 1 saturated heterocycles. The number of rotatable bonds is 7. The van der Waals surface area contributed by atoms with Crippen LogP contribution in [0.4, 0.5) is 5.69 Å². The number of methoxy groups -OCH3 is 4. The van der Waals surface area contributed by atoms with Crippen LogP contribution in [-0.2, 0) is 4.79 Å². The first kappa shape index (κ1) is 20.5. The van der Waals surface area contributed by atoms with Crippen LogP contribution in [0, 0.1) is 0 Å². The number of amides is 1. The normalized spacial score (nSPS) is 15.8. The van der Waals surface area contributed by atoms with Crippen molar-refractivity contribution in [2.45, 2.75) is 12.3 Å². The summed E-state index contributed by atoms with van der Waals surface area (Å²) in [6.07, 6.45) is 0.306. The zero-order chi connectivity index (χ0) is 22.0. The van der Waals surface area contributed by atoms with Gasteiger partial charge in [-0.25, -0.2) is 0 Å². The van der Waals surface area contributed by atoms with Gasteiger partial charge >= 0.3 is 0 Å². The summed E-state index contributed by atoms with van der Waals surface area (Å²) in [5.74, 6) is 2.81. The van der Waals surface area contributed by atoms with Crippen molar-refractivity contribution >= 4 is 11.6 Å². The molecule has 1 unspecified atom stereocenters. The number of benzene rings is 2. The molecule has 9 nitrogen and oxygen atoms in total. The summed E-state index contributed by atoms with van der Waals surface area (Å²) in [5.41, 5.74) is 1.44. The Balaban J connectivity index is 1.57. The Morgan fingerprint density at radius 2 is 1.65 bits per heavy atom. The molecule has 4 rings (SSSR count). The number of aromatic nitrogens is 2. The van der Waals surface area contributed by atoms with Crippen molar-refractivity contribution in [3.63, 3.8) is 0 Å². The molecule has 1 aliphatic heterocycles. The van der Waals surface area contributed by atoms with Gasteiger partial charge in [-0.3, -0.25) is 4.79 Å². The van der Waals surface area contributed by atoms with Crippen LogP contribution in [0.1, 0.15) is 18.2 Å². The first-order valence-electron chi connectivity index (χ1n) is 9.66. The maximum atomic E-state index is 12.6. The minimum Gasteiger partial charge on any atom is -0.497 e. The lowest BCUT2D eigenvalue weighted by Gasteiger charge is -2.16. The van der Waals surface area contributed by atoms with Crippen LogP contribution in [0.2, 0.25) is 0 Å². The van der Waals surface area contributed by atoms with Gasteiger partial charge in [-0.05, 0) is 36.4 Å². The summed E-state index contributed by atoms with van der Waals surface area (Å²) < 4.78 is 26.8. The largest absolute Gasteiger partial charge is 0.497 e. The van der Waals surface area contributed by atoms with Crippen molar-refractivity contribution in [2.24, 2.45) is 0 Å². The Kier molecular flexibility index (Phi) is 5.66. The molecule has 162 valence electrons. The van der Waals surface area contributed by atoms with Gasteiger partial charge in [0.1, 0.15) is 5.75 Å². The molecule has 1 atom stereocenters. The third-order valence-corrected chi connectivity index (χ3v) is 5.23. The Morgan fingerprint density at radius 3 is 2.23 bits per heavy atom. The highest BCUT2D eigenvalue weighted by Gasteiger charge is 2.34. The van der Waals surface area contributed by atoms with Gasteiger partial charge in [0.25, 0.3) is 5.89 Å². The van der Waals surface area contributed by atoms with E-state index in [1.54, 1.807) is 24.1 Å². The second-order valence-corrected chi connectivity index (χ2v) is 6.98. The molecule has 0 bridgehead atoms. The van der Waals surface area contributed by atoms with E-state index in [2.05, 4.69) is 10.1 Å². The molecule has 1 amide bonds. The van der Waals surface area contributed by atoms with Crippen molar-refractivity contribution in [1.29, 1.82) is 0 Å². The van der Waals surface area contributed by atoms with E-state index in [-0.39, 0.29) is 11.8 Å². The number of carbonyl (C=O) groups excluding carboxylic acids is 1. The van der Waals surface area contributed by atoms with Gasteiger partial charge in [-0.2, -0.15) is 4.98 Å². The highest BCUT2D eigenvalue weighted by atomic mass is 16.5. The highest BCUT2D eigenvalue weighted by Crippen LogP contribution is 2.41. The van der Waals surface area contributed by atoms with Crippen LogP contribution in [0.25, 0.3) is 11.5 Å². The fourth-order valence-corrected chi connectivity index (χ4v) is 3.61. The summed E-state index contributed by atoms with van der Waals surface area (Å²) in [6, 6.07) is 10.8. The zero-order valence-electron chi connectivity index (χ0n) is 17.7. The molecule has 0 N–H and O–H groups in total. The number of carbonyl (C=O) groups is 1. The van der Waals surface area contributed by atoms with Crippen molar-refractivity contribution < 1.29 is 28.3 Å². The van der Waals surface area contributed by atoms with E-state index in [0.717, 1.165) is 11.4 Å². The molecular weight excluding hydrogens is 402 g/mol. The molecule has 0 saturated carbocycles. The Labute approximate surface area is 179 Å². The van der Waals surface area contributed by atoms with E-state index < -0.39 is 0 Å².